The Hall–Kier alpha value is -3.88. The van der Waals surface area contributed by atoms with Crippen LogP contribution in [-0.2, 0) is 16.1 Å². The number of nitrogens with one attached hydrogen (secondary N) is 1. The van der Waals surface area contributed by atoms with Crippen LogP contribution in [0, 0.1) is 5.92 Å². The number of aryl methyl sites for hydroxylation is 1. The third kappa shape index (κ3) is 4.33. The van der Waals surface area contributed by atoms with Crippen molar-refractivity contribution in [3.63, 3.8) is 0 Å². The van der Waals surface area contributed by atoms with Crippen molar-refractivity contribution < 1.29 is 19.1 Å². The number of aromatic nitrogens is 2. The topological polar surface area (TPSA) is 103 Å². The van der Waals surface area contributed by atoms with Gasteiger partial charge in [0.1, 0.15) is 11.5 Å². The van der Waals surface area contributed by atoms with Gasteiger partial charge in [-0.25, -0.2) is 4.98 Å². The highest BCUT2D eigenvalue weighted by Crippen LogP contribution is 2.35. The number of carbonyl (C=O) groups is 2. The van der Waals surface area contributed by atoms with E-state index in [0.29, 0.717) is 36.7 Å². The Balaban J connectivity index is 1.20. The number of fused-ring (bicyclic) bond motifs is 2. The van der Waals surface area contributed by atoms with E-state index in [0.717, 1.165) is 36.0 Å². The fourth-order valence-electron chi connectivity index (χ4n) is 4.67. The van der Waals surface area contributed by atoms with Crippen molar-refractivity contribution in [1.82, 2.24) is 9.55 Å². The number of hydrogen-bond acceptors (Lipinski definition) is 6. The van der Waals surface area contributed by atoms with Gasteiger partial charge in [0.05, 0.1) is 30.0 Å². The lowest BCUT2D eigenvalue weighted by atomic mass is 10.0. The van der Waals surface area contributed by atoms with E-state index in [-0.39, 0.29) is 29.9 Å². The number of methoxy groups -OCH3 is 1. The van der Waals surface area contributed by atoms with Crippen LogP contribution in [0.5, 0.6) is 11.5 Å². The molecule has 3 heterocycles. The maximum atomic E-state index is 12.7. The summed E-state index contributed by atoms with van der Waals surface area (Å²) < 4.78 is 12.4. The highest BCUT2D eigenvalue weighted by molar-refractivity contribution is 5.99. The second-order valence-corrected chi connectivity index (χ2v) is 8.69. The number of rotatable bonds is 7. The van der Waals surface area contributed by atoms with E-state index in [2.05, 4.69) is 10.3 Å². The highest BCUT2D eigenvalue weighted by atomic mass is 16.5. The molecule has 0 unspecified atom stereocenters. The summed E-state index contributed by atoms with van der Waals surface area (Å²) in [5.41, 5.74) is 2.74. The average molecular weight is 463 g/mol. The van der Waals surface area contributed by atoms with Crippen LogP contribution in [0.15, 0.2) is 47.4 Å². The predicted molar refractivity (Wildman–Crippen MR) is 127 cm³/mol. The third-order valence-electron chi connectivity index (χ3n) is 6.41. The number of benzene rings is 2. The summed E-state index contributed by atoms with van der Waals surface area (Å²) in [6.45, 7) is 1.23. The Morgan fingerprint density at radius 1 is 1.15 bits per heavy atom. The molecule has 9 heteroatoms. The fourth-order valence-corrected chi connectivity index (χ4v) is 4.67. The first-order valence-electron chi connectivity index (χ1n) is 11.4. The molecule has 2 aromatic carbocycles. The van der Waals surface area contributed by atoms with Crippen molar-refractivity contribution in [3.8, 4) is 11.5 Å². The predicted octanol–water partition coefficient (Wildman–Crippen LogP) is 2.96. The molecule has 1 N–H and O–H groups in total. The third-order valence-corrected chi connectivity index (χ3v) is 6.41. The number of nitrogens with zero attached hydrogens (tertiary/aromatic N) is 3. The van der Waals surface area contributed by atoms with Gasteiger partial charge >= 0.3 is 0 Å². The molecule has 2 aliphatic heterocycles. The number of amides is 2. The molecule has 1 fully saturated rings. The van der Waals surface area contributed by atoms with Gasteiger partial charge in [0.15, 0.2) is 6.61 Å². The molecule has 1 atom stereocenters. The number of ether oxygens (including phenoxy) is 2. The van der Waals surface area contributed by atoms with Crippen LogP contribution in [-0.4, -0.2) is 41.6 Å². The summed E-state index contributed by atoms with van der Waals surface area (Å²) in [4.78, 5) is 42.7. The van der Waals surface area contributed by atoms with Crippen LogP contribution in [0.2, 0.25) is 0 Å². The van der Waals surface area contributed by atoms with Gasteiger partial charge < -0.3 is 24.3 Å². The molecular formula is C25H26N4O5. The van der Waals surface area contributed by atoms with Crippen molar-refractivity contribution in [3.05, 3.63) is 52.9 Å². The molecule has 2 amide bonds. The Morgan fingerprint density at radius 3 is 2.88 bits per heavy atom. The van der Waals surface area contributed by atoms with Crippen molar-refractivity contribution in [1.29, 1.82) is 0 Å². The number of carbonyl (C=O) groups excluding carboxylic acids is 2. The van der Waals surface area contributed by atoms with E-state index in [1.807, 2.05) is 24.3 Å². The van der Waals surface area contributed by atoms with Gasteiger partial charge in [-0.1, -0.05) is 6.42 Å². The number of hydrogen-bond donors (Lipinski definition) is 1. The van der Waals surface area contributed by atoms with E-state index in [4.69, 9.17) is 9.47 Å². The van der Waals surface area contributed by atoms with Gasteiger partial charge in [-0.05, 0) is 49.1 Å². The first-order chi connectivity index (χ1) is 16.5. The van der Waals surface area contributed by atoms with E-state index < -0.39 is 0 Å². The highest BCUT2D eigenvalue weighted by Gasteiger charge is 2.31. The summed E-state index contributed by atoms with van der Waals surface area (Å²) in [6, 6.07) is 10.9. The van der Waals surface area contributed by atoms with Gasteiger partial charge in [0.2, 0.25) is 5.91 Å². The van der Waals surface area contributed by atoms with Crippen LogP contribution < -0.4 is 25.2 Å². The molecule has 5 rings (SSSR count). The lowest BCUT2D eigenvalue weighted by Crippen LogP contribution is -2.27. The van der Waals surface area contributed by atoms with Gasteiger partial charge in [-0.2, -0.15) is 0 Å². The monoisotopic (exact) mass is 462 g/mol. The smallest absolute Gasteiger partial charge is 0.269 e. The largest absolute Gasteiger partial charge is 0.497 e. The second-order valence-electron chi connectivity index (χ2n) is 8.69. The maximum Gasteiger partial charge on any atom is 0.269 e. The molecule has 3 aromatic rings. The van der Waals surface area contributed by atoms with E-state index in [1.54, 1.807) is 28.7 Å². The standard InChI is InChI=1S/C25H26N4O5/c1-33-18-6-7-19-21(12-18)28(25(32)13-26-19)9-3-2-4-16-10-24(31)29(14-16)17-5-8-22-20(11-17)27-23(30)15-34-22/h5-8,11-13,16H,2-4,9-10,14-15H2,1H3,(H,27,30)/t16-/m0/s1. The van der Waals surface area contributed by atoms with Gasteiger partial charge in [0.25, 0.3) is 11.5 Å². The molecule has 0 radical (unpaired) electrons. The molecule has 9 nitrogen and oxygen atoms in total. The molecule has 0 aliphatic carbocycles. The number of anilines is 2. The summed E-state index contributed by atoms with van der Waals surface area (Å²) in [7, 11) is 1.60. The second kappa shape index (κ2) is 9.17. The number of unbranched alkanes of at least 4 members (excludes halogenated alkanes) is 1. The van der Waals surface area contributed by atoms with Crippen LogP contribution >= 0.6 is 0 Å². The first kappa shape index (κ1) is 21.9. The Labute approximate surface area is 196 Å². The van der Waals surface area contributed by atoms with E-state index >= 15 is 0 Å². The molecule has 176 valence electrons. The summed E-state index contributed by atoms with van der Waals surface area (Å²) in [5, 5.41) is 2.79. The van der Waals surface area contributed by atoms with Crippen LogP contribution in [0.4, 0.5) is 11.4 Å². The molecule has 0 spiro atoms. The van der Waals surface area contributed by atoms with Crippen LogP contribution in [0.1, 0.15) is 25.7 Å². The molecule has 1 aromatic heterocycles. The lowest BCUT2D eigenvalue weighted by molar-refractivity contribution is -0.118. The molecule has 2 aliphatic rings. The Morgan fingerprint density at radius 2 is 2.03 bits per heavy atom. The minimum Gasteiger partial charge on any atom is -0.497 e. The summed E-state index contributed by atoms with van der Waals surface area (Å²) in [5.74, 6) is 1.43. The van der Waals surface area contributed by atoms with Crippen molar-refractivity contribution in [2.75, 3.05) is 30.5 Å². The Kier molecular flexibility index (Phi) is 5.91. The van der Waals surface area contributed by atoms with E-state index in [1.165, 1.54) is 6.20 Å². The van der Waals surface area contributed by atoms with Gasteiger partial charge in [0, 0.05) is 31.3 Å². The van der Waals surface area contributed by atoms with Crippen LogP contribution in [0.25, 0.3) is 11.0 Å². The first-order valence-corrected chi connectivity index (χ1v) is 11.4. The Bertz CT molecular complexity index is 1320. The zero-order valence-electron chi connectivity index (χ0n) is 19.0. The maximum absolute atomic E-state index is 12.7. The van der Waals surface area contributed by atoms with Gasteiger partial charge in [-0.15, -0.1) is 0 Å². The molecule has 1 saturated heterocycles. The quantitative estimate of drug-likeness (QED) is 0.542. The van der Waals surface area contributed by atoms with Crippen LogP contribution in [0.3, 0.4) is 0 Å². The minimum atomic E-state index is -0.199. The zero-order valence-corrected chi connectivity index (χ0v) is 19.0. The summed E-state index contributed by atoms with van der Waals surface area (Å²) in [6.07, 6.45) is 4.47. The SMILES string of the molecule is COc1ccc2ncc(=O)n(CCCC[C@H]3CC(=O)N(c4ccc5c(c4)NC(=O)CO5)C3)c2c1. The summed E-state index contributed by atoms with van der Waals surface area (Å²) >= 11 is 0. The van der Waals surface area contributed by atoms with Crippen molar-refractivity contribution in [2.45, 2.75) is 32.2 Å². The van der Waals surface area contributed by atoms with Gasteiger partial charge in [-0.3, -0.25) is 14.4 Å². The lowest BCUT2D eigenvalue weighted by Gasteiger charge is -2.22. The minimum absolute atomic E-state index is 0.00597. The van der Waals surface area contributed by atoms with E-state index in [9.17, 15) is 14.4 Å². The zero-order chi connectivity index (χ0) is 23.7. The molecule has 0 saturated carbocycles. The average Bonchev–Trinajstić information content (AvgIpc) is 3.22. The normalized spacial score (nSPS) is 17.4. The van der Waals surface area contributed by atoms with Crippen molar-refractivity contribution >= 4 is 34.2 Å². The molecule has 34 heavy (non-hydrogen) atoms. The molecular weight excluding hydrogens is 436 g/mol. The fraction of sp³-hybridized carbons (Fsp3) is 0.360. The van der Waals surface area contributed by atoms with Crippen molar-refractivity contribution in [2.24, 2.45) is 5.92 Å². The molecule has 0 bridgehead atoms.